The van der Waals surface area contributed by atoms with Gasteiger partial charge >= 0.3 is 0 Å². The van der Waals surface area contributed by atoms with Crippen LogP contribution in [0.15, 0.2) is 41.7 Å². The summed E-state index contributed by atoms with van der Waals surface area (Å²) in [5.74, 6) is 0.304. The number of hydrogen-bond donors (Lipinski definition) is 2. The van der Waals surface area contributed by atoms with Crippen molar-refractivity contribution < 1.29 is 14.7 Å². The van der Waals surface area contributed by atoms with E-state index in [0.717, 1.165) is 13.0 Å². The van der Waals surface area contributed by atoms with E-state index in [4.69, 9.17) is 4.84 Å². The predicted molar refractivity (Wildman–Crippen MR) is 85.3 cm³/mol. The minimum Gasteiger partial charge on any atom is -0.507 e. The number of oxime groups is 1. The fraction of sp³-hybridized carbons (Fsp3) is 0.312. The molecule has 0 bridgehead atoms. The van der Waals surface area contributed by atoms with E-state index >= 15 is 0 Å². The van der Waals surface area contributed by atoms with Crippen molar-refractivity contribution in [1.82, 2.24) is 9.78 Å². The molecule has 7 heteroatoms. The van der Waals surface area contributed by atoms with E-state index in [0.29, 0.717) is 23.5 Å². The van der Waals surface area contributed by atoms with E-state index < -0.39 is 6.10 Å². The lowest BCUT2D eigenvalue weighted by molar-refractivity contribution is -0.125. The fourth-order valence-corrected chi connectivity index (χ4v) is 2.38. The number of amides is 1. The highest BCUT2D eigenvalue weighted by Crippen LogP contribution is 2.24. The maximum atomic E-state index is 12.2. The summed E-state index contributed by atoms with van der Waals surface area (Å²) in [7, 11) is 0. The summed E-state index contributed by atoms with van der Waals surface area (Å²) >= 11 is 0. The lowest BCUT2D eigenvalue weighted by Crippen LogP contribution is -2.28. The summed E-state index contributed by atoms with van der Waals surface area (Å²) in [6.07, 6.45) is 2.37. The number of rotatable bonds is 5. The van der Waals surface area contributed by atoms with Crippen LogP contribution in [-0.2, 0) is 16.2 Å². The highest BCUT2D eigenvalue weighted by Gasteiger charge is 2.30. The molecule has 120 valence electrons. The van der Waals surface area contributed by atoms with Crippen LogP contribution in [0.4, 0.5) is 5.82 Å². The van der Waals surface area contributed by atoms with E-state index in [1.807, 2.05) is 6.20 Å². The number of anilines is 1. The van der Waals surface area contributed by atoms with E-state index in [-0.39, 0.29) is 11.7 Å². The maximum absolute atomic E-state index is 12.2. The first-order chi connectivity index (χ1) is 11.2. The zero-order valence-corrected chi connectivity index (χ0v) is 12.8. The highest BCUT2D eigenvalue weighted by molar-refractivity contribution is 6.07. The van der Waals surface area contributed by atoms with Crippen molar-refractivity contribution in [1.29, 1.82) is 0 Å². The Balaban J connectivity index is 1.61. The standard InChI is InChI=1S/C16H18N4O3/c1-2-8-20-9-7-15(18-20)17-16(22)14-10-12(19-23-14)11-5-3-4-6-13(11)21/h3-7,9,14,21H,2,8,10H2,1H3,(H,17,18,22). The average Bonchev–Trinajstić information content (AvgIpc) is 3.18. The molecule has 7 nitrogen and oxygen atoms in total. The quantitative estimate of drug-likeness (QED) is 0.885. The second-order valence-electron chi connectivity index (χ2n) is 5.31. The normalized spacial score (nSPS) is 16.7. The number of para-hydroxylation sites is 1. The smallest absolute Gasteiger partial charge is 0.269 e. The lowest BCUT2D eigenvalue weighted by Gasteiger charge is -2.07. The van der Waals surface area contributed by atoms with Gasteiger partial charge in [-0.05, 0) is 18.6 Å². The van der Waals surface area contributed by atoms with Crippen molar-refractivity contribution in [3.05, 3.63) is 42.1 Å². The van der Waals surface area contributed by atoms with Crippen LogP contribution in [0.5, 0.6) is 5.75 Å². The third-order valence-corrected chi connectivity index (χ3v) is 3.52. The zero-order chi connectivity index (χ0) is 16.2. The highest BCUT2D eigenvalue weighted by atomic mass is 16.6. The van der Waals surface area contributed by atoms with Gasteiger partial charge in [0.05, 0.1) is 5.71 Å². The number of carbonyl (C=O) groups is 1. The number of nitrogens with zero attached hydrogens (tertiary/aromatic N) is 3. The van der Waals surface area contributed by atoms with Crippen molar-refractivity contribution in [3.63, 3.8) is 0 Å². The SMILES string of the molecule is CCCn1ccc(NC(=O)C2CC(c3ccccc3O)=NO2)n1. The van der Waals surface area contributed by atoms with Gasteiger partial charge in [0.1, 0.15) is 5.75 Å². The molecule has 1 atom stereocenters. The Morgan fingerprint density at radius 1 is 1.43 bits per heavy atom. The molecular weight excluding hydrogens is 296 g/mol. The summed E-state index contributed by atoms with van der Waals surface area (Å²) in [6, 6.07) is 8.58. The first-order valence-electron chi connectivity index (χ1n) is 7.52. The van der Waals surface area contributed by atoms with Crippen LogP contribution in [-0.4, -0.2) is 32.6 Å². The molecular formula is C16H18N4O3. The molecule has 1 aromatic carbocycles. The molecule has 23 heavy (non-hydrogen) atoms. The summed E-state index contributed by atoms with van der Waals surface area (Å²) < 4.78 is 1.77. The van der Waals surface area contributed by atoms with E-state index in [1.54, 1.807) is 35.0 Å². The number of nitrogens with one attached hydrogen (secondary N) is 1. The Morgan fingerprint density at radius 2 is 2.26 bits per heavy atom. The fourth-order valence-electron chi connectivity index (χ4n) is 2.38. The lowest BCUT2D eigenvalue weighted by atomic mass is 10.0. The summed E-state index contributed by atoms with van der Waals surface area (Å²) in [6.45, 7) is 2.86. The summed E-state index contributed by atoms with van der Waals surface area (Å²) in [4.78, 5) is 17.4. The number of carbonyl (C=O) groups excluding carboxylic acids is 1. The molecule has 3 rings (SSSR count). The third kappa shape index (κ3) is 3.33. The molecule has 1 aromatic heterocycles. The number of phenols is 1. The Hall–Kier alpha value is -2.83. The Labute approximate surface area is 133 Å². The largest absolute Gasteiger partial charge is 0.507 e. The summed E-state index contributed by atoms with van der Waals surface area (Å²) in [5, 5.41) is 20.7. The van der Waals surface area contributed by atoms with Gasteiger partial charge in [-0.1, -0.05) is 24.2 Å². The molecule has 0 saturated carbocycles. The molecule has 2 N–H and O–H groups in total. The van der Waals surface area contributed by atoms with E-state index in [9.17, 15) is 9.90 Å². The number of phenolic OH excluding ortho intramolecular Hbond substituents is 1. The molecule has 2 aromatic rings. The number of aromatic hydroxyl groups is 1. The third-order valence-electron chi connectivity index (χ3n) is 3.52. The number of aryl methyl sites for hydroxylation is 1. The van der Waals surface area contributed by atoms with Gasteiger partial charge < -0.3 is 15.3 Å². The van der Waals surface area contributed by atoms with Crippen molar-refractivity contribution in [3.8, 4) is 5.75 Å². The molecule has 0 saturated heterocycles. The first-order valence-corrected chi connectivity index (χ1v) is 7.52. The van der Waals surface area contributed by atoms with Crippen molar-refractivity contribution in [2.45, 2.75) is 32.4 Å². The van der Waals surface area contributed by atoms with Gasteiger partial charge in [0.2, 0.25) is 6.10 Å². The zero-order valence-electron chi connectivity index (χ0n) is 12.8. The first kappa shape index (κ1) is 15.1. The Morgan fingerprint density at radius 3 is 3.04 bits per heavy atom. The van der Waals surface area contributed by atoms with Crippen molar-refractivity contribution in [2.24, 2.45) is 5.16 Å². The Kier molecular flexibility index (Phi) is 4.27. The van der Waals surface area contributed by atoms with Gasteiger partial charge in [-0.25, -0.2) is 0 Å². The molecule has 0 spiro atoms. The van der Waals surface area contributed by atoms with Crippen LogP contribution >= 0.6 is 0 Å². The topological polar surface area (TPSA) is 88.7 Å². The van der Waals surface area contributed by atoms with Crippen LogP contribution in [0.25, 0.3) is 0 Å². The molecule has 1 amide bonds. The number of benzene rings is 1. The van der Waals surface area contributed by atoms with E-state index in [2.05, 4.69) is 22.5 Å². The van der Waals surface area contributed by atoms with Crippen LogP contribution in [0, 0.1) is 0 Å². The predicted octanol–water partition coefficient (Wildman–Crippen LogP) is 2.13. The van der Waals surface area contributed by atoms with Crippen LogP contribution in [0.2, 0.25) is 0 Å². The molecule has 1 aliphatic rings. The van der Waals surface area contributed by atoms with E-state index in [1.165, 1.54) is 0 Å². The maximum Gasteiger partial charge on any atom is 0.269 e. The van der Waals surface area contributed by atoms with Gasteiger partial charge in [-0.2, -0.15) is 5.10 Å². The summed E-state index contributed by atoms with van der Waals surface area (Å²) in [5.41, 5.74) is 1.13. The number of hydrogen-bond acceptors (Lipinski definition) is 5. The molecule has 0 fully saturated rings. The monoisotopic (exact) mass is 314 g/mol. The molecule has 0 radical (unpaired) electrons. The van der Waals surface area contributed by atoms with Crippen molar-refractivity contribution in [2.75, 3.05) is 5.32 Å². The molecule has 0 aliphatic carbocycles. The number of aromatic nitrogens is 2. The Bertz CT molecular complexity index is 738. The van der Waals surface area contributed by atoms with Crippen LogP contribution in [0.3, 0.4) is 0 Å². The molecule has 1 unspecified atom stereocenters. The average molecular weight is 314 g/mol. The molecule has 1 aliphatic heterocycles. The van der Waals surface area contributed by atoms with Gasteiger partial charge in [-0.15, -0.1) is 0 Å². The second-order valence-corrected chi connectivity index (χ2v) is 5.31. The minimum absolute atomic E-state index is 0.120. The van der Waals surface area contributed by atoms with Crippen LogP contribution < -0.4 is 5.32 Å². The van der Waals surface area contributed by atoms with Gasteiger partial charge in [0.25, 0.3) is 5.91 Å². The molecule has 2 heterocycles. The van der Waals surface area contributed by atoms with Gasteiger partial charge in [-0.3, -0.25) is 9.48 Å². The van der Waals surface area contributed by atoms with Gasteiger partial charge in [0.15, 0.2) is 5.82 Å². The second kappa shape index (κ2) is 6.51. The van der Waals surface area contributed by atoms with Crippen molar-refractivity contribution >= 4 is 17.4 Å². The van der Waals surface area contributed by atoms with Crippen LogP contribution in [0.1, 0.15) is 25.3 Å². The minimum atomic E-state index is -0.721. The van der Waals surface area contributed by atoms with Gasteiger partial charge in [0, 0.05) is 30.8 Å².